The number of quaternary nitrogens is 1. The highest BCUT2D eigenvalue weighted by molar-refractivity contribution is 4.48. The summed E-state index contributed by atoms with van der Waals surface area (Å²) in [5.74, 6) is 0. The Labute approximate surface area is 79.1 Å². The van der Waals surface area contributed by atoms with Gasteiger partial charge in [0.1, 0.15) is 0 Å². The van der Waals surface area contributed by atoms with Crippen LogP contribution in [0.25, 0.3) is 0 Å². The fourth-order valence-electron chi connectivity index (χ4n) is 1.02. The molecule has 10 heavy (non-hydrogen) atoms. The fourth-order valence-corrected chi connectivity index (χ4v) is 1.02. The van der Waals surface area contributed by atoms with E-state index < -0.39 is 0 Å². The lowest BCUT2D eigenvalue weighted by Gasteiger charge is -2.22. The summed E-state index contributed by atoms with van der Waals surface area (Å²) in [4.78, 5) is 0. The van der Waals surface area contributed by atoms with Crippen LogP contribution in [0.15, 0.2) is 0 Å². The van der Waals surface area contributed by atoms with Gasteiger partial charge in [0.05, 0.1) is 32.8 Å². The van der Waals surface area contributed by atoms with Crippen LogP contribution < -0.4 is 29.4 Å². The number of rotatable bonds is 2. The van der Waals surface area contributed by atoms with Gasteiger partial charge in [0.2, 0.25) is 0 Å². The second-order valence-corrected chi connectivity index (χ2v) is 2.24. The van der Waals surface area contributed by atoms with Crippen molar-refractivity contribution in [1.82, 2.24) is 5.01 Å². The van der Waals surface area contributed by atoms with Crippen LogP contribution in [0, 0.1) is 0 Å². The Morgan fingerprint density at radius 3 is 2.50 bits per heavy atom. The van der Waals surface area contributed by atoms with E-state index in [4.69, 9.17) is 4.74 Å². The molecule has 0 bridgehead atoms. The Morgan fingerprint density at radius 1 is 1.40 bits per heavy atom. The highest BCUT2D eigenvalue weighted by Crippen LogP contribution is 1.86. The molecule has 1 saturated heterocycles. The minimum Gasteiger partial charge on any atom is -1.00 e. The van der Waals surface area contributed by atoms with E-state index in [-0.39, 0.29) is 24.0 Å². The van der Waals surface area contributed by atoms with Crippen molar-refractivity contribution in [1.29, 1.82) is 0 Å². The first-order valence-electron chi connectivity index (χ1n) is 3.58. The lowest BCUT2D eigenvalue weighted by molar-refractivity contribution is -0.804. The van der Waals surface area contributed by atoms with Crippen LogP contribution in [0.4, 0.5) is 0 Å². The van der Waals surface area contributed by atoms with Gasteiger partial charge < -0.3 is 28.7 Å². The monoisotopic (exact) mass is 258 g/mol. The number of halogens is 1. The number of nitrogens with zero attached hydrogens (tertiary/aromatic N) is 1. The van der Waals surface area contributed by atoms with Gasteiger partial charge >= 0.3 is 0 Å². The summed E-state index contributed by atoms with van der Waals surface area (Å²) in [7, 11) is 0. The third kappa shape index (κ3) is 3.70. The molecule has 0 aromatic carbocycles. The number of nitrogens with two attached hydrogens (primary N) is 1. The molecule has 2 N–H and O–H groups in total. The summed E-state index contributed by atoms with van der Waals surface area (Å²) >= 11 is 0. The zero-order valence-electron chi connectivity index (χ0n) is 6.35. The molecule has 0 amide bonds. The highest BCUT2D eigenvalue weighted by atomic mass is 127. The molecule has 1 aliphatic rings. The molecule has 0 aliphatic carbocycles. The zero-order valence-corrected chi connectivity index (χ0v) is 8.50. The number of hydrogen-bond donors (Lipinski definition) is 1. The van der Waals surface area contributed by atoms with Crippen molar-refractivity contribution >= 4 is 0 Å². The summed E-state index contributed by atoms with van der Waals surface area (Å²) in [6, 6.07) is 0. The maximum absolute atomic E-state index is 5.18. The largest absolute Gasteiger partial charge is 1.00 e. The standard InChI is InChI=1S/C6H14N2O.HI/c1-2-7-8-3-5-9-6-4-8;/h7H,2-6H2,1H3;1H. The van der Waals surface area contributed by atoms with Crippen LogP contribution in [0.2, 0.25) is 0 Å². The van der Waals surface area contributed by atoms with Gasteiger partial charge in [-0.15, -0.1) is 0 Å². The molecule has 1 heterocycles. The zero-order chi connectivity index (χ0) is 6.53. The molecule has 0 radical (unpaired) electrons. The van der Waals surface area contributed by atoms with Crippen molar-refractivity contribution in [3.63, 3.8) is 0 Å². The molecule has 4 heteroatoms. The van der Waals surface area contributed by atoms with Crippen molar-refractivity contribution in [2.45, 2.75) is 6.92 Å². The van der Waals surface area contributed by atoms with Crippen molar-refractivity contribution < 1.29 is 34.1 Å². The van der Waals surface area contributed by atoms with E-state index in [1.54, 1.807) is 0 Å². The van der Waals surface area contributed by atoms with Crippen LogP contribution in [0.3, 0.4) is 0 Å². The normalized spacial score (nSPS) is 20.1. The van der Waals surface area contributed by atoms with E-state index in [0.29, 0.717) is 0 Å². The molecule has 1 rings (SSSR count). The summed E-state index contributed by atoms with van der Waals surface area (Å²) in [5, 5.41) is 2.32. The Bertz CT molecular complexity index is 73.4. The first-order chi connectivity index (χ1) is 4.43. The topological polar surface area (TPSA) is 29.1 Å². The lowest BCUT2D eigenvalue weighted by atomic mass is 10.5. The molecule has 1 aliphatic heterocycles. The van der Waals surface area contributed by atoms with Crippen LogP contribution >= 0.6 is 0 Å². The van der Waals surface area contributed by atoms with E-state index in [0.717, 1.165) is 32.8 Å². The molecular formula is C6H15IN2O. The molecule has 0 saturated carbocycles. The molecule has 0 atom stereocenters. The van der Waals surface area contributed by atoms with Gasteiger partial charge in [-0.1, -0.05) is 0 Å². The van der Waals surface area contributed by atoms with Gasteiger partial charge in [0.25, 0.3) is 0 Å². The predicted molar refractivity (Wildman–Crippen MR) is 34.9 cm³/mol. The van der Waals surface area contributed by atoms with E-state index in [1.165, 1.54) is 0 Å². The van der Waals surface area contributed by atoms with Gasteiger partial charge in [0.15, 0.2) is 0 Å². The van der Waals surface area contributed by atoms with Gasteiger partial charge in [0, 0.05) is 0 Å². The molecule has 3 nitrogen and oxygen atoms in total. The van der Waals surface area contributed by atoms with Crippen LogP contribution in [0.1, 0.15) is 6.92 Å². The van der Waals surface area contributed by atoms with Crippen molar-refractivity contribution in [2.24, 2.45) is 0 Å². The van der Waals surface area contributed by atoms with Crippen molar-refractivity contribution in [2.75, 3.05) is 32.8 Å². The summed E-state index contributed by atoms with van der Waals surface area (Å²) in [5.41, 5.74) is 2.24. The minimum absolute atomic E-state index is 0. The molecule has 0 aromatic rings. The third-order valence-electron chi connectivity index (χ3n) is 1.49. The van der Waals surface area contributed by atoms with E-state index in [9.17, 15) is 0 Å². The molecule has 62 valence electrons. The second-order valence-electron chi connectivity index (χ2n) is 2.24. The SMILES string of the molecule is CC[NH2+]N1CCOCC1.[I-]. The smallest absolute Gasteiger partial charge is 0.0903 e. The van der Waals surface area contributed by atoms with Gasteiger partial charge in [-0.2, -0.15) is 5.01 Å². The quantitative estimate of drug-likeness (QED) is 0.402. The maximum atomic E-state index is 5.18. The van der Waals surface area contributed by atoms with E-state index >= 15 is 0 Å². The molecule has 1 fully saturated rings. The van der Waals surface area contributed by atoms with Crippen LogP contribution in [0.5, 0.6) is 0 Å². The Hall–Kier alpha value is 0.610. The lowest BCUT2D eigenvalue weighted by Crippen LogP contribution is -3.00. The average Bonchev–Trinajstić information content (AvgIpc) is 1.91. The van der Waals surface area contributed by atoms with Crippen LogP contribution in [-0.4, -0.2) is 37.9 Å². The first-order valence-corrected chi connectivity index (χ1v) is 3.58. The van der Waals surface area contributed by atoms with Crippen LogP contribution in [-0.2, 0) is 4.74 Å². The Morgan fingerprint density at radius 2 is 2.00 bits per heavy atom. The Balaban J connectivity index is 0.000000810. The maximum Gasteiger partial charge on any atom is 0.0903 e. The van der Waals surface area contributed by atoms with Crippen molar-refractivity contribution in [3.8, 4) is 0 Å². The number of hydrogen-bond acceptors (Lipinski definition) is 2. The van der Waals surface area contributed by atoms with E-state index in [1.807, 2.05) is 0 Å². The van der Waals surface area contributed by atoms with Gasteiger partial charge in [-0.3, -0.25) is 5.43 Å². The third-order valence-corrected chi connectivity index (χ3v) is 1.49. The molecular weight excluding hydrogens is 243 g/mol. The minimum atomic E-state index is 0. The number of morpholine rings is 1. The summed E-state index contributed by atoms with van der Waals surface area (Å²) in [6.07, 6.45) is 0. The van der Waals surface area contributed by atoms with E-state index in [2.05, 4.69) is 17.4 Å². The second kappa shape index (κ2) is 6.33. The summed E-state index contributed by atoms with van der Waals surface area (Å²) < 4.78 is 5.18. The van der Waals surface area contributed by atoms with Gasteiger partial charge in [-0.25, -0.2) is 0 Å². The highest BCUT2D eigenvalue weighted by Gasteiger charge is 2.10. The predicted octanol–water partition coefficient (Wildman–Crippen LogP) is -4.18. The molecule has 0 aromatic heterocycles. The molecule has 0 spiro atoms. The first kappa shape index (κ1) is 10.6. The van der Waals surface area contributed by atoms with Crippen molar-refractivity contribution in [3.05, 3.63) is 0 Å². The average molecular weight is 258 g/mol. The number of ether oxygens (including phenoxy) is 1. The molecule has 0 unspecified atom stereocenters. The fraction of sp³-hybridized carbons (Fsp3) is 1.00. The summed E-state index contributed by atoms with van der Waals surface area (Å²) in [6.45, 7) is 7.25. The van der Waals surface area contributed by atoms with Gasteiger partial charge in [-0.05, 0) is 6.92 Å². The Kier molecular flexibility index (Phi) is 6.71.